The molecule has 7 heteroatoms. The molecule has 0 saturated heterocycles. The zero-order valence-corrected chi connectivity index (χ0v) is 36.6. The van der Waals surface area contributed by atoms with Gasteiger partial charge >= 0.3 is 0 Å². The molecule has 0 bridgehead atoms. The van der Waals surface area contributed by atoms with Crippen molar-refractivity contribution in [3.63, 3.8) is 0 Å². The number of hydrogen-bond acceptors (Lipinski definition) is 5. The van der Waals surface area contributed by atoms with Crippen LogP contribution < -0.4 is 0 Å². The van der Waals surface area contributed by atoms with Gasteiger partial charge in [-0.05, 0) is 53.6 Å². The summed E-state index contributed by atoms with van der Waals surface area (Å²) in [4.78, 5) is 26.1. The molecule has 4 heterocycles. The highest BCUT2D eigenvalue weighted by Gasteiger charge is 2.24. The molecule has 13 aromatic rings. The highest BCUT2D eigenvalue weighted by Crippen LogP contribution is 2.44. The number of rotatable bonds is 8. The molecule has 0 aliphatic heterocycles. The maximum absolute atomic E-state index is 5.40. The fourth-order valence-corrected chi connectivity index (χ4v) is 9.72. The van der Waals surface area contributed by atoms with Crippen LogP contribution in [0.3, 0.4) is 0 Å². The normalized spacial score (nSPS) is 11.5. The average molecular weight is 870 g/mol. The summed E-state index contributed by atoms with van der Waals surface area (Å²) in [6.45, 7) is 0. The van der Waals surface area contributed by atoms with Crippen molar-refractivity contribution in [3.8, 4) is 79.4 Å². The predicted octanol–water partition coefficient (Wildman–Crippen LogP) is 14.9. The molecular formula is C61H39N7. The summed E-state index contributed by atoms with van der Waals surface area (Å²) in [7, 11) is 0. The van der Waals surface area contributed by atoms with E-state index in [0.717, 1.165) is 99.6 Å². The molecule has 0 unspecified atom stereocenters. The Morgan fingerprint density at radius 2 is 0.721 bits per heavy atom. The van der Waals surface area contributed by atoms with E-state index in [1.807, 2.05) is 72.8 Å². The van der Waals surface area contributed by atoms with Crippen molar-refractivity contribution in [2.24, 2.45) is 0 Å². The molecule has 7 nitrogen and oxygen atoms in total. The second-order valence-electron chi connectivity index (χ2n) is 16.9. The molecule has 4 aromatic heterocycles. The van der Waals surface area contributed by atoms with Crippen molar-refractivity contribution >= 4 is 43.6 Å². The number of fused-ring (bicyclic) bond motifs is 7. The number of benzene rings is 9. The van der Waals surface area contributed by atoms with Gasteiger partial charge in [-0.3, -0.25) is 4.57 Å². The SMILES string of the molecule is c1ccc(-c2cccc(-c3nc(-c4ccccc4)cc(-c4ccccc4-n4c5ccccc5c5c6c7ccccc7n(-c7nc(-c8ccccc8)nc(-c8ccccc8)n7)c6ccc54)n3)c2)cc1. The van der Waals surface area contributed by atoms with Crippen LogP contribution in [0, 0.1) is 0 Å². The molecule has 0 atom stereocenters. The van der Waals surface area contributed by atoms with Gasteiger partial charge in [-0.25, -0.2) is 15.0 Å². The Balaban J connectivity index is 1.04. The molecule has 0 amide bonds. The Morgan fingerprint density at radius 1 is 0.265 bits per heavy atom. The van der Waals surface area contributed by atoms with Crippen LogP contribution in [0.5, 0.6) is 0 Å². The largest absolute Gasteiger partial charge is 0.309 e. The van der Waals surface area contributed by atoms with E-state index < -0.39 is 0 Å². The van der Waals surface area contributed by atoms with E-state index in [-0.39, 0.29) is 0 Å². The van der Waals surface area contributed by atoms with Crippen molar-refractivity contribution in [2.45, 2.75) is 0 Å². The van der Waals surface area contributed by atoms with Crippen LogP contribution in [0.25, 0.3) is 123 Å². The van der Waals surface area contributed by atoms with E-state index >= 15 is 0 Å². The van der Waals surface area contributed by atoms with E-state index in [1.54, 1.807) is 0 Å². The van der Waals surface area contributed by atoms with E-state index in [9.17, 15) is 0 Å². The van der Waals surface area contributed by atoms with Crippen LogP contribution in [-0.2, 0) is 0 Å². The topological polar surface area (TPSA) is 74.3 Å². The van der Waals surface area contributed by atoms with E-state index in [1.165, 1.54) is 0 Å². The smallest absolute Gasteiger partial charge is 0.238 e. The molecule has 0 fully saturated rings. The minimum atomic E-state index is 0.556. The molecule has 13 rings (SSSR count). The fraction of sp³-hybridized carbons (Fsp3) is 0. The molecule has 318 valence electrons. The minimum absolute atomic E-state index is 0.556. The Bertz CT molecular complexity index is 3950. The van der Waals surface area contributed by atoms with Gasteiger partial charge in [0, 0.05) is 49.4 Å². The Kier molecular flexibility index (Phi) is 9.35. The van der Waals surface area contributed by atoms with Gasteiger partial charge in [-0.15, -0.1) is 0 Å². The molecule has 68 heavy (non-hydrogen) atoms. The average Bonchev–Trinajstić information content (AvgIpc) is 3.94. The Morgan fingerprint density at radius 3 is 1.35 bits per heavy atom. The standard InChI is InChI=1S/C61H39N7/c1-5-20-40(21-6-1)44-28-19-29-45(38-44)60-62-49(41-22-7-2-8-23-41)39-50(63-60)46-30-13-16-33-51(46)67-52-34-17-14-31-47(52)56-54(67)36-37-55-57(56)48-32-15-18-35-53(48)68(55)61-65-58(42-24-9-3-10-25-42)64-59(66-61)43-26-11-4-12-27-43/h1-39H. The number of nitrogens with zero attached hydrogens (tertiary/aromatic N) is 7. The van der Waals surface area contributed by atoms with Gasteiger partial charge in [0.25, 0.3) is 0 Å². The van der Waals surface area contributed by atoms with Gasteiger partial charge in [0.2, 0.25) is 5.95 Å². The van der Waals surface area contributed by atoms with E-state index in [0.29, 0.717) is 23.4 Å². The molecule has 0 aliphatic carbocycles. The van der Waals surface area contributed by atoms with Crippen LogP contribution in [0.1, 0.15) is 0 Å². The lowest BCUT2D eigenvalue weighted by atomic mass is 10.0. The molecule has 0 saturated carbocycles. The maximum Gasteiger partial charge on any atom is 0.238 e. The van der Waals surface area contributed by atoms with Gasteiger partial charge in [0.05, 0.1) is 39.1 Å². The third-order valence-electron chi connectivity index (χ3n) is 12.8. The summed E-state index contributed by atoms with van der Waals surface area (Å²) in [5.74, 6) is 2.44. The third kappa shape index (κ3) is 6.64. The van der Waals surface area contributed by atoms with Gasteiger partial charge < -0.3 is 4.57 Å². The molecule has 0 aliphatic rings. The first-order valence-electron chi connectivity index (χ1n) is 22.8. The highest BCUT2D eigenvalue weighted by molar-refractivity contribution is 6.29. The second kappa shape index (κ2) is 16.3. The predicted molar refractivity (Wildman–Crippen MR) is 277 cm³/mol. The van der Waals surface area contributed by atoms with Gasteiger partial charge in [-0.1, -0.05) is 194 Å². The molecular weight excluding hydrogens is 831 g/mol. The lowest BCUT2D eigenvalue weighted by Crippen LogP contribution is -2.06. The quantitative estimate of drug-likeness (QED) is 0.152. The summed E-state index contributed by atoms with van der Waals surface area (Å²) >= 11 is 0. The number of hydrogen-bond donors (Lipinski definition) is 0. The lowest BCUT2D eigenvalue weighted by Gasteiger charge is -2.15. The van der Waals surface area contributed by atoms with Gasteiger partial charge in [-0.2, -0.15) is 9.97 Å². The van der Waals surface area contributed by atoms with Gasteiger partial charge in [0.1, 0.15) is 0 Å². The van der Waals surface area contributed by atoms with E-state index in [2.05, 4.69) is 173 Å². The first-order chi connectivity index (χ1) is 33.7. The van der Waals surface area contributed by atoms with Crippen LogP contribution in [0.15, 0.2) is 237 Å². The Hall–Kier alpha value is -9.33. The van der Waals surface area contributed by atoms with Gasteiger partial charge in [0.15, 0.2) is 17.5 Å². The highest BCUT2D eigenvalue weighted by atomic mass is 15.2. The van der Waals surface area contributed by atoms with Crippen molar-refractivity contribution in [1.82, 2.24) is 34.1 Å². The van der Waals surface area contributed by atoms with Crippen molar-refractivity contribution in [3.05, 3.63) is 237 Å². The molecule has 0 spiro atoms. The third-order valence-corrected chi connectivity index (χ3v) is 12.8. The number of aromatic nitrogens is 7. The lowest BCUT2D eigenvalue weighted by molar-refractivity contribution is 0.953. The first kappa shape index (κ1) is 39.1. The summed E-state index contributed by atoms with van der Waals surface area (Å²) < 4.78 is 4.60. The summed E-state index contributed by atoms with van der Waals surface area (Å²) in [6.07, 6.45) is 0. The molecule has 0 radical (unpaired) electrons. The zero-order chi connectivity index (χ0) is 45.0. The Labute approximate surface area is 392 Å². The van der Waals surface area contributed by atoms with Crippen LogP contribution in [-0.4, -0.2) is 34.1 Å². The minimum Gasteiger partial charge on any atom is -0.309 e. The van der Waals surface area contributed by atoms with Crippen LogP contribution in [0.4, 0.5) is 0 Å². The molecule has 0 N–H and O–H groups in total. The van der Waals surface area contributed by atoms with Crippen LogP contribution >= 0.6 is 0 Å². The van der Waals surface area contributed by atoms with Crippen molar-refractivity contribution < 1.29 is 0 Å². The van der Waals surface area contributed by atoms with E-state index in [4.69, 9.17) is 24.9 Å². The monoisotopic (exact) mass is 869 g/mol. The number of para-hydroxylation sites is 3. The first-order valence-corrected chi connectivity index (χ1v) is 22.8. The van der Waals surface area contributed by atoms with Crippen molar-refractivity contribution in [1.29, 1.82) is 0 Å². The second-order valence-corrected chi connectivity index (χ2v) is 16.9. The van der Waals surface area contributed by atoms with Crippen LogP contribution in [0.2, 0.25) is 0 Å². The summed E-state index contributed by atoms with van der Waals surface area (Å²) in [5, 5.41) is 4.53. The fourth-order valence-electron chi connectivity index (χ4n) is 9.72. The molecule has 9 aromatic carbocycles. The van der Waals surface area contributed by atoms with Crippen molar-refractivity contribution in [2.75, 3.05) is 0 Å². The summed E-state index contributed by atoms with van der Waals surface area (Å²) in [6, 6.07) is 82.1. The maximum atomic E-state index is 5.40. The summed E-state index contributed by atoms with van der Waals surface area (Å²) in [5.41, 5.74) is 13.9. The zero-order valence-electron chi connectivity index (χ0n) is 36.6.